The zero-order valence-electron chi connectivity index (χ0n) is 23.8. The molecule has 0 saturated heterocycles. The maximum Gasteiger partial charge on any atom is 0.293 e. The number of pyridine rings is 1. The summed E-state index contributed by atoms with van der Waals surface area (Å²) in [6.07, 6.45) is 7.86. The number of nitro groups is 1. The molecule has 1 heterocycles. The summed E-state index contributed by atoms with van der Waals surface area (Å²) in [7, 11) is -4.41. The number of carbonyl (C=O) groups excluding carboxylic acids is 1. The second-order valence-electron chi connectivity index (χ2n) is 12.4. The Morgan fingerprint density at radius 3 is 2.34 bits per heavy atom. The van der Waals surface area contributed by atoms with Gasteiger partial charge in [-0.2, -0.15) is 0 Å². The molecule has 1 amide bonds. The summed E-state index contributed by atoms with van der Waals surface area (Å²) in [5.74, 6) is 2.13. The molecule has 4 bridgehead atoms. The van der Waals surface area contributed by atoms with Crippen LogP contribution in [0.1, 0.15) is 42.5 Å². The van der Waals surface area contributed by atoms with Crippen molar-refractivity contribution < 1.29 is 22.5 Å². The SMILES string of the molecule is O=C(NS(=O)(=O)c1ccc(NCC2C3CC4CC(C3)CC2C4)c([N+](=O)[O-])c1)c1ccc(-c2ccc(F)c3cccnc23)cc1. The van der Waals surface area contributed by atoms with E-state index in [2.05, 4.69) is 10.3 Å². The number of halogens is 1. The number of anilines is 1. The summed E-state index contributed by atoms with van der Waals surface area (Å²) < 4.78 is 42.5. The largest absolute Gasteiger partial charge is 0.379 e. The number of nitrogens with zero attached hydrogens (tertiary/aromatic N) is 2. The highest BCUT2D eigenvalue weighted by molar-refractivity contribution is 7.90. The fourth-order valence-electron chi connectivity index (χ4n) is 7.99. The average molecular weight is 615 g/mol. The average Bonchev–Trinajstić information content (AvgIpc) is 3.00. The first kappa shape index (κ1) is 28.4. The molecule has 4 aliphatic rings. The molecule has 9 nitrogen and oxygen atoms in total. The van der Waals surface area contributed by atoms with Crippen molar-refractivity contribution in [2.24, 2.45) is 29.6 Å². The van der Waals surface area contributed by atoms with Crippen LogP contribution >= 0.6 is 0 Å². The highest BCUT2D eigenvalue weighted by Crippen LogP contribution is 2.56. The van der Waals surface area contributed by atoms with Crippen LogP contribution in [0.2, 0.25) is 0 Å². The Morgan fingerprint density at radius 2 is 1.66 bits per heavy atom. The van der Waals surface area contributed by atoms with E-state index in [0.717, 1.165) is 17.9 Å². The third kappa shape index (κ3) is 5.19. The topological polar surface area (TPSA) is 131 Å². The number of nitrogens with one attached hydrogen (secondary N) is 2. The van der Waals surface area contributed by atoms with Crippen molar-refractivity contribution in [2.45, 2.75) is 37.0 Å². The Kier molecular flexibility index (Phi) is 7.07. The molecule has 11 heteroatoms. The Morgan fingerprint density at radius 1 is 0.955 bits per heavy atom. The Bertz CT molecular complexity index is 1870. The third-order valence-corrected chi connectivity index (χ3v) is 11.2. The number of carbonyl (C=O) groups is 1. The number of amides is 1. The lowest BCUT2D eigenvalue weighted by atomic mass is 9.52. The molecule has 226 valence electrons. The number of aromatic nitrogens is 1. The van der Waals surface area contributed by atoms with E-state index in [4.69, 9.17) is 0 Å². The lowest BCUT2D eigenvalue weighted by Crippen LogP contribution is -2.47. The van der Waals surface area contributed by atoms with Crippen molar-refractivity contribution in [1.82, 2.24) is 9.71 Å². The molecule has 1 aromatic heterocycles. The predicted molar refractivity (Wildman–Crippen MR) is 164 cm³/mol. The van der Waals surface area contributed by atoms with Gasteiger partial charge in [0.1, 0.15) is 11.5 Å². The molecule has 8 rings (SSSR count). The van der Waals surface area contributed by atoms with E-state index in [1.807, 2.05) is 4.72 Å². The molecule has 2 N–H and O–H groups in total. The van der Waals surface area contributed by atoms with E-state index in [1.54, 1.807) is 36.5 Å². The van der Waals surface area contributed by atoms with Crippen molar-refractivity contribution in [3.05, 3.63) is 94.4 Å². The highest BCUT2D eigenvalue weighted by atomic mass is 32.2. The minimum atomic E-state index is -4.41. The van der Waals surface area contributed by atoms with Crippen molar-refractivity contribution in [3.63, 3.8) is 0 Å². The molecule has 0 spiro atoms. The minimum Gasteiger partial charge on any atom is -0.379 e. The van der Waals surface area contributed by atoms with Gasteiger partial charge in [0.25, 0.3) is 21.6 Å². The lowest BCUT2D eigenvalue weighted by Gasteiger charge is -2.54. The van der Waals surface area contributed by atoms with Crippen LogP contribution in [0.25, 0.3) is 22.0 Å². The highest BCUT2D eigenvalue weighted by Gasteiger charge is 2.48. The zero-order valence-corrected chi connectivity index (χ0v) is 24.6. The van der Waals surface area contributed by atoms with E-state index in [-0.39, 0.29) is 21.8 Å². The fraction of sp³-hybridized carbons (Fsp3) is 0.333. The first-order chi connectivity index (χ1) is 21.2. The number of hydrogen-bond donors (Lipinski definition) is 2. The van der Waals surface area contributed by atoms with Crippen molar-refractivity contribution in [1.29, 1.82) is 0 Å². The molecule has 0 radical (unpaired) electrons. The molecular formula is C33H31FN4O5S. The van der Waals surface area contributed by atoms with E-state index in [1.165, 1.54) is 62.4 Å². The molecule has 4 saturated carbocycles. The van der Waals surface area contributed by atoms with Gasteiger partial charge in [0.15, 0.2) is 0 Å². The number of sulfonamides is 1. The Hall–Kier alpha value is -4.38. The number of fused-ring (bicyclic) bond motifs is 1. The number of nitro benzene ring substituents is 1. The Labute approximate surface area is 254 Å². The normalized spacial score (nSPS) is 23.9. The summed E-state index contributed by atoms with van der Waals surface area (Å²) in [6.45, 7) is 0.623. The smallest absolute Gasteiger partial charge is 0.293 e. The predicted octanol–water partition coefficient (Wildman–Crippen LogP) is 6.55. The molecule has 4 aromatic rings. The van der Waals surface area contributed by atoms with Gasteiger partial charge in [-0.25, -0.2) is 17.5 Å². The molecular weight excluding hydrogens is 583 g/mol. The second kappa shape index (κ2) is 11.0. The molecule has 3 aromatic carbocycles. The van der Waals surface area contributed by atoms with Crippen LogP contribution in [0.5, 0.6) is 0 Å². The van der Waals surface area contributed by atoms with Gasteiger partial charge in [-0.05, 0) is 116 Å². The quantitative estimate of drug-likeness (QED) is 0.170. The van der Waals surface area contributed by atoms with Gasteiger partial charge in [0, 0.05) is 35.3 Å². The van der Waals surface area contributed by atoms with Crippen molar-refractivity contribution >= 4 is 38.2 Å². The molecule has 0 unspecified atom stereocenters. The van der Waals surface area contributed by atoms with Gasteiger partial charge < -0.3 is 5.32 Å². The molecule has 0 aliphatic heterocycles. The van der Waals surface area contributed by atoms with Crippen LogP contribution in [-0.4, -0.2) is 30.8 Å². The molecule has 44 heavy (non-hydrogen) atoms. The number of rotatable bonds is 8. The van der Waals surface area contributed by atoms with Crippen molar-refractivity contribution in [3.8, 4) is 11.1 Å². The van der Waals surface area contributed by atoms with Gasteiger partial charge in [-0.1, -0.05) is 12.1 Å². The van der Waals surface area contributed by atoms with E-state index < -0.39 is 26.7 Å². The number of hydrogen-bond acceptors (Lipinski definition) is 7. The van der Waals surface area contributed by atoms with Crippen LogP contribution in [0.15, 0.2) is 77.8 Å². The third-order valence-electron chi connectivity index (χ3n) is 9.83. The van der Waals surface area contributed by atoms with Gasteiger partial charge >= 0.3 is 0 Å². The van der Waals surface area contributed by atoms with E-state index in [0.29, 0.717) is 46.3 Å². The zero-order chi connectivity index (χ0) is 30.6. The van der Waals surface area contributed by atoms with Gasteiger partial charge in [0.05, 0.1) is 15.3 Å². The summed E-state index contributed by atoms with van der Waals surface area (Å²) in [5, 5.41) is 15.6. The minimum absolute atomic E-state index is 0.0696. The maximum absolute atomic E-state index is 14.2. The monoisotopic (exact) mass is 614 g/mol. The van der Waals surface area contributed by atoms with Gasteiger partial charge in [0.2, 0.25) is 0 Å². The van der Waals surface area contributed by atoms with E-state index >= 15 is 0 Å². The van der Waals surface area contributed by atoms with Crippen LogP contribution in [0, 0.1) is 45.5 Å². The first-order valence-electron chi connectivity index (χ1n) is 14.9. The number of benzene rings is 3. The fourth-order valence-corrected chi connectivity index (χ4v) is 8.98. The summed E-state index contributed by atoms with van der Waals surface area (Å²) in [6, 6.07) is 16.0. The van der Waals surface area contributed by atoms with Crippen LogP contribution in [0.4, 0.5) is 15.8 Å². The summed E-state index contributed by atoms with van der Waals surface area (Å²) in [4.78, 5) is 28.2. The molecule has 4 fully saturated rings. The molecule has 4 aliphatic carbocycles. The van der Waals surface area contributed by atoms with Crippen molar-refractivity contribution in [2.75, 3.05) is 11.9 Å². The van der Waals surface area contributed by atoms with E-state index in [9.17, 15) is 27.7 Å². The van der Waals surface area contributed by atoms with Crippen LogP contribution in [0.3, 0.4) is 0 Å². The maximum atomic E-state index is 14.2. The van der Waals surface area contributed by atoms with Gasteiger partial charge in [-0.15, -0.1) is 0 Å². The summed E-state index contributed by atoms with van der Waals surface area (Å²) in [5.41, 5.74) is 1.78. The molecule has 0 atom stereocenters. The van der Waals surface area contributed by atoms with Crippen LogP contribution < -0.4 is 10.0 Å². The Balaban J connectivity index is 1.06. The lowest BCUT2D eigenvalue weighted by molar-refractivity contribution is -0.384. The second-order valence-corrected chi connectivity index (χ2v) is 14.1. The summed E-state index contributed by atoms with van der Waals surface area (Å²) >= 11 is 0. The standard InChI is InChI=1S/C33H31FN4O5S/c34-29-9-8-26(32-27(29)2-1-11-35-32)21-3-5-22(6-4-21)33(39)37-44(42,43)25-7-10-30(31(17-25)38(40)41)36-18-28-23-13-19-12-20(15-23)16-24(28)14-19/h1-11,17,19-20,23-24,28,36H,12-16,18H2,(H,37,39). The van der Waals surface area contributed by atoms with Crippen LogP contribution in [-0.2, 0) is 10.0 Å². The first-order valence-corrected chi connectivity index (χ1v) is 16.4. The van der Waals surface area contributed by atoms with Gasteiger partial charge in [-0.3, -0.25) is 19.9 Å².